The van der Waals surface area contributed by atoms with Gasteiger partial charge in [-0.1, -0.05) is 13.0 Å². The standard InChI is InChI=1S/C14H18N2O3/c1-3-11-13(18)15-7-8-16(11)14(19)10-5-4-6-12(17)9(10)2/h4-6,11,17H,3,7-8H2,1-2H3,(H,15,18). The van der Waals surface area contributed by atoms with Crippen LogP contribution in [0.3, 0.4) is 0 Å². The maximum absolute atomic E-state index is 12.5. The lowest BCUT2D eigenvalue weighted by Crippen LogP contribution is -2.57. The molecule has 0 radical (unpaired) electrons. The Bertz CT molecular complexity index is 513. The van der Waals surface area contributed by atoms with Crippen LogP contribution in [0.1, 0.15) is 29.3 Å². The molecular formula is C14H18N2O3. The van der Waals surface area contributed by atoms with E-state index in [1.165, 1.54) is 0 Å². The minimum Gasteiger partial charge on any atom is -0.508 e. The SMILES string of the molecule is CCC1C(=O)NCCN1C(=O)c1cccc(O)c1C. The molecule has 2 rings (SSSR count). The van der Waals surface area contributed by atoms with Crippen molar-refractivity contribution >= 4 is 11.8 Å². The fraction of sp³-hybridized carbons (Fsp3) is 0.429. The van der Waals surface area contributed by atoms with E-state index in [1.54, 1.807) is 30.0 Å². The zero-order chi connectivity index (χ0) is 14.0. The largest absolute Gasteiger partial charge is 0.508 e. The van der Waals surface area contributed by atoms with Gasteiger partial charge in [0.25, 0.3) is 5.91 Å². The van der Waals surface area contributed by atoms with Crippen LogP contribution in [0.4, 0.5) is 0 Å². The Balaban J connectivity index is 2.32. The average Bonchev–Trinajstić information content (AvgIpc) is 2.41. The first-order valence-electron chi connectivity index (χ1n) is 6.43. The summed E-state index contributed by atoms with van der Waals surface area (Å²) in [7, 11) is 0. The lowest BCUT2D eigenvalue weighted by Gasteiger charge is -2.34. The number of hydrogen-bond acceptors (Lipinski definition) is 3. The van der Waals surface area contributed by atoms with E-state index in [-0.39, 0.29) is 17.6 Å². The summed E-state index contributed by atoms with van der Waals surface area (Å²) in [4.78, 5) is 25.9. The highest BCUT2D eigenvalue weighted by molar-refractivity contribution is 5.99. The van der Waals surface area contributed by atoms with Crippen LogP contribution in [0.15, 0.2) is 18.2 Å². The lowest BCUT2D eigenvalue weighted by molar-refractivity contribution is -0.127. The van der Waals surface area contributed by atoms with Crippen LogP contribution >= 0.6 is 0 Å². The summed E-state index contributed by atoms with van der Waals surface area (Å²) in [5.74, 6) is -0.213. The molecule has 19 heavy (non-hydrogen) atoms. The van der Waals surface area contributed by atoms with Gasteiger partial charge >= 0.3 is 0 Å². The monoisotopic (exact) mass is 262 g/mol. The number of benzene rings is 1. The second-order valence-electron chi connectivity index (χ2n) is 4.66. The number of hydrogen-bond donors (Lipinski definition) is 2. The van der Waals surface area contributed by atoms with Gasteiger partial charge in [-0.05, 0) is 25.5 Å². The number of phenolic OH excluding ortho intramolecular Hbond substituents is 1. The van der Waals surface area contributed by atoms with Gasteiger partial charge in [0.05, 0.1) is 0 Å². The third kappa shape index (κ3) is 2.41. The highest BCUT2D eigenvalue weighted by Crippen LogP contribution is 2.22. The van der Waals surface area contributed by atoms with Crippen molar-refractivity contribution in [3.63, 3.8) is 0 Å². The molecule has 0 aromatic heterocycles. The molecule has 0 aliphatic carbocycles. The van der Waals surface area contributed by atoms with Crippen LogP contribution in [0, 0.1) is 6.92 Å². The fourth-order valence-corrected chi connectivity index (χ4v) is 2.37. The molecule has 0 saturated carbocycles. The van der Waals surface area contributed by atoms with Gasteiger partial charge in [0.2, 0.25) is 5.91 Å². The number of phenols is 1. The molecule has 1 aliphatic rings. The lowest BCUT2D eigenvalue weighted by atomic mass is 10.0. The second-order valence-corrected chi connectivity index (χ2v) is 4.66. The van der Waals surface area contributed by atoms with Gasteiger partial charge in [-0.3, -0.25) is 9.59 Å². The van der Waals surface area contributed by atoms with Crippen LogP contribution < -0.4 is 5.32 Å². The van der Waals surface area contributed by atoms with Crippen LogP contribution in [-0.4, -0.2) is 41.0 Å². The highest BCUT2D eigenvalue weighted by Gasteiger charge is 2.32. The molecule has 1 fully saturated rings. The molecule has 2 amide bonds. The Kier molecular flexibility index (Phi) is 3.74. The first-order valence-corrected chi connectivity index (χ1v) is 6.43. The van der Waals surface area contributed by atoms with Gasteiger partial charge < -0.3 is 15.3 Å². The highest BCUT2D eigenvalue weighted by atomic mass is 16.3. The van der Waals surface area contributed by atoms with Gasteiger partial charge in [-0.25, -0.2) is 0 Å². The Morgan fingerprint density at radius 3 is 2.95 bits per heavy atom. The second kappa shape index (κ2) is 5.30. The number of carbonyl (C=O) groups is 2. The molecule has 5 nitrogen and oxygen atoms in total. The summed E-state index contributed by atoms with van der Waals surface area (Å²) in [5, 5.41) is 12.4. The number of piperazine rings is 1. The maximum atomic E-state index is 12.5. The predicted molar refractivity (Wildman–Crippen MR) is 71.0 cm³/mol. The van der Waals surface area contributed by atoms with Crippen molar-refractivity contribution in [2.45, 2.75) is 26.3 Å². The zero-order valence-corrected chi connectivity index (χ0v) is 11.1. The van der Waals surface area contributed by atoms with Crippen molar-refractivity contribution in [2.75, 3.05) is 13.1 Å². The van der Waals surface area contributed by atoms with E-state index in [4.69, 9.17) is 0 Å². The third-order valence-electron chi connectivity index (χ3n) is 3.51. The van der Waals surface area contributed by atoms with Crippen molar-refractivity contribution in [3.05, 3.63) is 29.3 Å². The van der Waals surface area contributed by atoms with E-state index in [0.29, 0.717) is 30.6 Å². The van der Waals surface area contributed by atoms with E-state index in [9.17, 15) is 14.7 Å². The van der Waals surface area contributed by atoms with Crippen LogP contribution in [0.2, 0.25) is 0 Å². The molecule has 102 valence electrons. The predicted octanol–water partition coefficient (Wildman–Crippen LogP) is 1.05. The quantitative estimate of drug-likeness (QED) is 0.837. The normalized spacial score (nSPS) is 19.2. The Morgan fingerprint density at radius 2 is 2.26 bits per heavy atom. The molecule has 5 heteroatoms. The number of amides is 2. The summed E-state index contributed by atoms with van der Waals surface area (Å²) >= 11 is 0. The summed E-state index contributed by atoms with van der Waals surface area (Å²) in [6.07, 6.45) is 0.579. The Labute approximate surface area is 112 Å². The van der Waals surface area contributed by atoms with E-state index in [1.807, 2.05) is 6.92 Å². The molecule has 1 aliphatic heterocycles. The van der Waals surface area contributed by atoms with Crippen LogP contribution in [0.25, 0.3) is 0 Å². The van der Waals surface area contributed by atoms with Gasteiger partial charge in [0.15, 0.2) is 0 Å². The topological polar surface area (TPSA) is 69.6 Å². The Morgan fingerprint density at radius 1 is 1.53 bits per heavy atom. The fourth-order valence-electron chi connectivity index (χ4n) is 2.37. The molecule has 1 saturated heterocycles. The molecule has 1 aromatic carbocycles. The summed E-state index contributed by atoms with van der Waals surface area (Å²) < 4.78 is 0. The molecular weight excluding hydrogens is 244 g/mol. The molecule has 1 unspecified atom stereocenters. The van der Waals surface area contributed by atoms with Gasteiger partial charge in [-0.2, -0.15) is 0 Å². The molecule has 0 spiro atoms. The van der Waals surface area contributed by atoms with Crippen molar-refractivity contribution in [1.29, 1.82) is 0 Å². The van der Waals surface area contributed by atoms with Gasteiger partial charge in [0.1, 0.15) is 11.8 Å². The minimum atomic E-state index is -0.428. The number of nitrogens with one attached hydrogen (secondary N) is 1. The van der Waals surface area contributed by atoms with E-state index >= 15 is 0 Å². The zero-order valence-electron chi connectivity index (χ0n) is 11.1. The molecule has 1 heterocycles. The smallest absolute Gasteiger partial charge is 0.255 e. The average molecular weight is 262 g/mol. The summed E-state index contributed by atoms with van der Waals surface area (Å²) in [6.45, 7) is 4.55. The number of aromatic hydroxyl groups is 1. The molecule has 2 N–H and O–H groups in total. The number of nitrogens with zero attached hydrogens (tertiary/aromatic N) is 1. The number of carbonyl (C=O) groups excluding carboxylic acids is 2. The van der Waals surface area contributed by atoms with Crippen molar-refractivity contribution < 1.29 is 14.7 Å². The third-order valence-corrected chi connectivity index (χ3v) is 3.51. The molecule has 0 bridgehead atoms. The van der Waals surface area contributed by atoms with Crippen molar-refractivity contribution in [3.8, 4) is 5.75 Å². The summed E-state index contributed by atoms with van der Waals surface area (Å²) in [6, 6.07) is 4.44. The van der Waals surface area contributed by atoms with Crippen molar-refractivity contribution in [2.24, 2.45) is 0 Å². The van der Waals surface area contributed by atoms with Crippen LogP contribution in [-0.2, 0) is 4.79 Å². The first-order chi connectivity index (χ1) is 9.06. The summed E-state index contributed by atoms with van der Waals surface area (Å²) in [5.41, 5.74) is 1.00. The van der Waals surface area contributed by atoms with Gasteiger partial charge in [0, 0.05) is 24.2 Å². The maximum Gasteiger partial charge on any atom is 0.255 e. The minimum absolute atomic E-state index is 0.0976. The molecule has 1 aromatic rings. The number of rotatable bonds is 2. The van der Waals surface area contributed by atoms with E-state index in [0.717, 1.165) is 0 Å². The Hall–Kier alpha value is -2.04. The van der Waals surface area contributed by atoms with Crippen molar-refractivity contribution in [1.82, 2.24) is 10.2 Å². The molecule has 1 atom stereocenters. The van der Waals surface area contributed by atoms with Gasteiger partial charge in [-0.15, -0.1) is 0 Å². The first kappa shape index (κ1) is 13.4. The van der Waals surface area contributed by atoms with Crippen LogP contribution in [0.5, 0.6) is 5.75 Å². The van der Waals surface area contributed by atoms with E-state index < -0.39 is 6.04 Å². The van der Waals surface area contributed by atoms with E-state index in [2.05, 4.69) is 5.32 Å².